The summed E-state index contributed by atoms with van der Waals surface area (Å²) in [5.41, 5.74) is -0.741. The van der Waals surface area contributed by atoms with Crippen LogP contribution in [0.4, 0.5) is 24.5 Å². The number of alkyl halides is 3. The number of aryl methyl sites for hydroxylation is 1. The Labute approximate surface area is 186 Å². The quantitative estimate of drug-likeness (QED) is 0.153. The molecule has 1 aromatic heterocycles. The Morgan fingerprint density at radius 3 is 2.38 bits per heavy atom. The van der Waals surface area contributed by atoms with Gasteiger partial charge in [0.2, 0.25) is 5.70 Å². The zero-order chi connectivity index (χ0) is 23.5. The highest BCUT2D eigenvalue weighted by Gasteiger charge is 2.30. The first-order valence-corrected chi connectivity index (χ1v) is 9.60. The molecule has 1 N–H and O–H groups in total. The fourth-order valence-electron chi connectivity index (χ4n) is 2.93. The van der Waals surface area contributed by atoms with Gasteiger partial charge in [-0.1, -0.05) is 36.5 Å². The minimum Gasteiger partial charge on any atom is -0.867 e. The molecule has 0 radical (unpaired) electrons. The van der Waals surface area contributed by atoms with E-state index in [-0.39, 0.29) is 27.6 Å². The summed E-state index contributed by atoms with van der Waals surface area (Å²) in [6.07, 6.45) is -1.47. The Hall–Kier alpha value is -3.79. The van der Waals surface area contributed by atoms with Crippen molar-refractivity contribution >= 4 is 40.0 Å². The third-order valence-corrected chi connectivity index (χ3v) is 4.82. The molecule has 0 saturated carbocycles. The van der Waals surface area contributed by atoms with E-state index in [1.807, 2.05) is 0 Å². The third kappa shape index (κ3) is 5.09. The number of nitro benzene ring substituents is 1. The average Bonchev–Trinajstić information content (AvgIpc) is 2.74. The van der Waals surface area contributed by atoms with Crippen molar-refractivity contribution in [2.45, 2.75) is 13.1 Å². The van der Waals surface area contributed by atoms with E-state index in [1.54, 1.807) is 25.1 Å². The second kappa shape index (κ2) is 9.15. The van der Waals surface area contributed by atoms with Crippen LogP contribution in [-0.2, 0) is 6.18 Å². The number of nitrogens with one attached hydrogen (secondary N) is 1. The summed E-state index contributed by atoms with van der Waals surface area (Å²) in [5.74, 6) is -0.631. The van der Waals surface area contributed by atoms with Crippen molar-refractivity contribution in [3.8, 4) is 0 Å². The molecule has 2 aromatic carbocycles. The highest BCUT2D eigenvalue weighted by molar-refractivity contribution is 7.81. The summed E-state index contributed by atoms with van der Waals surface area (Å²) >= 11 is 5.36. The molecule has 3 rings (SSSR count). The lowest BCUT2D eigenvalue weighted by molar-refractivity contribution is -0.577. The number of nitrogens with zero attached hydrogens (tertiary/aromatic N) is 2. The maximum absolute atomic E-state index is 13.3. The summed E-state index contributed by atoms with van der Waals surface area (Å²) < 4.78 is 40.5. The van der Waals surface area contributed by atoms with Gasteiger partial charge in [0.1, 0.15) is 0 Å². The number of hydrogen-bond donors (Lipinski definition) is 1. The topological polar surface area (TPSA) is 82.1 Å². The van der Waals surface area contributed by atoms with Gasteiger partial charge in [-0.15, -0.1) is 0 Å². The molecule has 32 heavy (non-hydrogen) atoms. The zero-order valence-corrected chi connectivity index (χ0v) is 17.4. The Morgan fingerprint density at radius 2 is 1.75 bits per heavy atom. The molecule has 1 heterocycles. The van der Waals surface area contributed by atoms with E-state index < -0.39 is 22.4 Å². The van der Waals surface area contributed by atoms with Crippen LogP contribution in [-0.4, -0.2) is 9.91 Å². The Morgan fingerprint density at radius 1 is 1.06 bits per heavy atom. The van der Waals surface area contributed by atoms with Gasteiger partial charge in [0.15, 0.2) is 17.4 Å². The number of hydrogen-bond acceptors (Lipinski definition) is 4. The van der Waals surface area contributed by atoms with Gasteiger partial charge in [0.05, 0.1) is 10.5 Å². The minimum atomic E-state index is -4.54. The number of nitro groups is 1. The van der Waals surface area contributed by atoms with Gasteiger partial charge in [0, 0.05) is 29.4 Å². The van der Waals surface area contributed by atoms with Gasteiger partial charge in [-0.2, -0.15) is 17.7 Å². The van der Waals surface area contributed by atoms with Crippen LogP contribution in [0.2, 0.25) is 0 Å². The van der Waals surface area contributed by atoms with E-state index in [9.17, 15) is 28.4 Å². The second-order valence-corrected chi connectivity index (χ2v) is 7.16. The molecule has 0 bridgehead atoms. The third-order valence-electron chi connectivity index (χ3n) is 4.52. The van der Waals surface area contributed by atoms with Gasteiger partial charge >= 0.3 is 6.18 Å². The molecule has 0 atom stereocenters. The summed E-state index contributed by atoms with van der Waals surface area (Å²) in [6, 6.07) is 13.4. The molecule has 6 nitrogen and oxygen atoms in total. The lowest BCUT2D eigenvalue weighted by atomic mass is 10.1. The van der Waals surface area contributed by atoms with Gasteiger partial charge < -0.3 is 10.4 Å². The van der Waals surface area contributed by atoms with Crippen LogP contribution >= 0.6 is 12.2 Å². The van der Waals surface area contributed by atoms with Crippen molar-refractivity contribution in [1.82, 2.24) is 0 Å². The monoisotopic (exact) mass is 459 g/mol. The summed E-state index contributed by atoms with van der Waals surface area (Å²) in [6.45, 7) is 1.54. The molecular formula is C22H16F3N3O3S. The standard InChI is InChI=1S/C22H16F3N3O3S/c1-14-8-9-15(12-18(14)28(30)31)20(29)19(27-10-3-2-4-11-27)21(32)26-17-7-5-6-16(13-17)22(23,24)25/h2-13H,1H3,(H-,26,29,32). The number of benzene rings is 2. The lowest BCUT2D eigenvalue weighted by Gasteiger charge is -2.17. The molecule has 0 saturated heterocycles. The van der Waals surface area contributed by atoms with Crippen molar-refractivity contribution in [3.05, 3.63) is 99.9 Å². The SMILES string of the molecule is Cc1ccc(/C([O-])=C(/C(=S)Nc2cccc(C(F)(F)F)c2)[n+]2ccccc2)cc1[N+](=O)[O-]. The fraction of sp³-hybridized carbons (Fsp3) is 0.0909. The Bertz CT molecular complexity index is 1210. The largest absolute Gasteiger partial charge is 0.867 e. The van der Waals surface area contributed by atoms with E-state index >= 15 is 0 Å². The highest BCUT2D eigenvalue weighted by Crippen LogP contribution is 2.31. The fourth-order valence-corrected chi connectivity index (χ4v) is 3.25. The van der Waals surface area contributed by atoms with Crippen LogP contribution in [0.1, 0.15) is 16.7 Å². The van der Waals surface area contributed by atoms with E-state index in [4.69, 9.17) is 12.2 Å². The lowest BCUT2D eigenvalue weighted by Crippen LogP contribution is -2.39. The van der Waals surface area contributed by atoms with Gasteiger partial charge in [-0.25, -0.2) is 0 Å². The maximum Gasteiger partial charge on any atom is 0.416 e. The average molecular weight is 459 g/mol. The van der Waals surface area contributed by atoms with Crippen molar-refractivity contribution in [3.63, 3.8) is 0 Å². The maximum atomic E-state index is 13.3. The molecule has 164 valence electrons. The van der Waals surface area contributed by atoms with E-state index in [0.717, 1.165) is 18.2 Å². The molecule has 0 aliphatic carbocycles. The first kappa shape index (κ1) is 22.9. The molecule has 3 aromatic rings. The minimum absolute atomic E-state index is 0.0156. The molecule has 10 heteroatoms. The van der Waals surface area contributed by atoms with Gasteiger partial charge in [-0.3, -0.25) is 10.1 Å². The second-order valence-electron chi connectivity index (χ2n) is 6.75. The number of pyridine rings is 1. The van der Waals surface area contributed by atoms with Crippen LogP contribution in [0.5, 0.6) is 0 Å². The molecule has 0 spiro atoms. The van der Waals surface area contributed by atoms with E-state index in [1.165, 1.54) is 41.2 Å². The predicted molar refractivity (Wildman–Crippen MR) is 115 cm³/mol. The summed E-state index contributed by atoms with van der Waals surface area (Å²) in [4.78, 5) is 10.5. The zero-order valence-electron chi connectivity index (χ0n) is 16.6. The number of thiocarbonyl (C=S) groups is 1. The molecule has 0 unspecified atom stereocenters. The van der Waals surface area contributed by atoms with Gasteiger partial charge in [0.25, 0.3) is 5.69 Å². The molecule has 0 amide bonds. The van der Waals surface area contributed by atoms with Crippen LogP contribution < -0.4 is 15.0 Å². The molecular weight excluding hydrogens is 443 g/mol. The Kier molecular flexibility index (Phi) is 6.54. The van der Waals surface area contributed by atoms with E-state index in [0.29, 0.717) is 5.56 Å². The number of anilines is 1. The van der Waals surface area contributed by atoms with Crippen molar-refractivity contribution in [2.24, 2.45) is 0 Å². The van der Waals surface area contributed by atoms with Crippen LogP contribution in [0.25, 0.3) is 11.5 Å². The van der Waals surface area contributed by atoms with Crippen molar-refractivity contribution in [1.29, 1.82) is 0 Å². The number of aromatic nitrogens is 1. The number of rotatable bonds is 5. The smallest absolute Gasteiger partial charge is 0.416 e. The molecule has 0 aliphatic heterocycles. The first-order valence-electron chi connectivity index (χ1n) is 9.20. The molecule has 0 aliphatic rings. The van der Waals surface area contributed by atoms with Crippen LogP contribution in [0.3, 0.4) is 0 Å². The van der Waals surface area contributed by atoms with Crippen molar-refractivity contribution in [2.75, 3.05) is 5.32 Å². The normalized spacial score (nSPS) is 12.1. The van der Waals surface area contributed by atoms with Gasteiger partial charge in [-0.05, 0) is 36.4 Å². The predicted octanol–water partition coefficient (Wildman–Crippen LogP) is 4.34. The first-order chi connectivity index (χ1) is 15.1. The number of halogens is 3. The van der Waals surface area contributed by atoms with E-state index in [2.05, 4.69) is 5.32 Å². The summed E-state index contributed by atoms with van der Waals surface area (Å²) in [5, 5.41) is 27.2. The van der Waals surface area contributed by atoms with Crippen LogP contribution in [0, 0.1) is 17.0 Å². The van der Waals surface area contributed by atoms with Crippen LogP contribution in [0.15, 0.2) is 73.1 Å². The summed E-state index contributed by atoms with van der Waals surface area (Å²) in [7, 11) is 0. The highest BCUT2D eigenvalue weighted by atomic mass is 32.1. The Balaban J connectivity index is 2.09. The molecule has 0 fully saturated rings. The van der Waals surface area contributed by atoms with Crippen molar-refractivity contribution < 1.29 is 27.8 Å².